The third kappa shape index (κ3) is 3.20. The summed E-state index contributed by atoms with van der Waals surface area (Å²) in [5.74, 6) is 0.743. The van der Waals surface area contributed by atoms with Gasteiger partial charge >= 0.3 is 0 Å². The van der Waals surface area contributed by atoms with E-state index >= 15 is 0 Å². The van der Waals surface area contributed by atoms with Gasteiger partial charge in [-0.25, -0.2) is 9.97 Å². The highest BCUT2D eigenvalue weighted by Gasteiger charge is 2.14. The van der Waals surface area contributed by atoms with Crippen molar-refractivity contribution in [3.8, 4) is 9.88 Å². The summed E-state index contributed by atoms with van der Waals surface area (Å²) in [4.78, 5) is 22.9. The van der Waals surface area contributed by atoms with E-state index in [1.807, 2.05) is 49.6 Å². The average Bonchev–Trinajstić information content (AvgIpc) is 3.33. The smallest absolute Gasteiger partial charge is 0.267 e. The third-order valence-electron chi connectivity index (χ3n) is 3.62. The zero-order valence-corrected chi connectivity index (χ0v) is 15.3. The molecule has 0 fully saturated rings. The van der Waals surface area contributed by atoms with Gasteiger partial charge in [0.15, 0.2) is 11.5 Å². The molecule has 3 aromatic heterocycles. The lowest BCUT2D eigenvalue weighted by atomic mass is 10.2. The summed E-state index contributed by atoms with van der Waals surface area (Å²) in [6.07, 6.45) is 1.61. The summed E-state index contributed by atoms with van der Waals surface area (Å²) in [5, 5.41) is 5.75. The highest BCUT2D eigenvalue weighted by atomic mass is 32.1. The maximum atomic E-state index is 12.5. The Morgan fingerprint density at radius 1 is 1.28 bits per heavy atom. The molecule has 4 rings (SSSR count). The summed E-state index contributed by atoms with van der Waals surface area (Å²) in [7, 11) is 0. The molecule has 3 heterocycles. The monoisotopic (exact) mass is 369 g/mol. The number of fused-ring (bicyclic) bond motifs is 1. The van der Waals surface area contributed by atoms with Gasteiger partial charge < -0.3 is 9.73 Å². The second kappa shape index (κ2) is 6.42. The fourth-order valence-electron chi connectivity index (χ4n) is 2.36. The molecule has 0 saturated heterocycles. The van der Waals surface area contributed by atoms with Crippen molar-refractivity contribution in [2.45, 2.75) is 19.8 Å². The van der Waals surface area contributed by atoms with Crippen molar-refractivity contribution in [3.05, 3.63) is 52.7 Å². The molecule has 0 unspecified atom stereocenters. The van der Waals surface area contributed by atoms with E-state index in [0.29, 0.717) is 16.5 Å². The van der Waals surface area contributed by atoms with E-state index in [1.54, 1.807) is 17.5 Å². The zero-order valence-electron chi connectivity index (χ0n) is 13.6. The van der Waals surface area contributed by atoms with Gasteiger partial charge in [0.2, 0.25) is 0 Å². The third-order valence-corrected chi connectivity index (χ3v) is 5.65. The number of rotatable bonds is 4. The number of nitrogens with one attached hydrogen (secondary N) is 1. The van der Waals surface area contributed by atoms with Crippen LogP contribution in [0.5, 0.6) is 0 Å². The molecule has 0 bridgehead atoms. The fourth-order valence-corrected chi connectivity index (χ4v) is 3.97. The molecule has 5 nitrogen and oxygen atoms in total. The minimum atomic E-state index is -0.174. The summed E-state index contributed by atoms with van der Waals surface area (Å²) in [6.45, 7) is 4.06. The predicted octanol–water partition coefficient (Wildman–Crippen LogP) is 5.39. The first-order valence-electron chi connectivity index (χ1n) is 7.81. The Bertz CT molecular complexity index is 1030. The van der Waals surface area contributed by atoms with E-state index in [4.69, 9.17) is 4.42 Å². The molecule has 0 radical (unpaired) electrons. The standard InChI is InChI=1S/C18H15N3O2S2/c1-10(2)17-21-12-8-11(5-6-13(12)23-17)20-16(22)15-9-19-18(25-15)14-4-3-7-24-14/h3-10H,1-2H3,(H,20,22). The second-order valence-electron chi connectivity index (χ2n) is 5.85. The van der Waals surface area contributed by atoms with Gasteiger partial charge in [0.1, 0.15) is 15.4 Å². The molecule has 0 spiro atoms. The normalized spacial score (nSPS) is 11.3. The Kier molecular flexibility index (Phi) is 4.10. The molecule has 0 aliphatic heterocycles. The molecular formula is C18H15N3O2S2. The summed E-state index contributed by atoms with van der Waals surface area (Å²) in [5.41, 5.74) is 2.15. The largest absolute Gasteiger partial charge is 0.440 e. The topological polar surface area (TPSA) is 68.0 Å². The van der Waals surface area contributed by atoms with Crippen LogP contribution < -0.4 is 5.32 Å². The lowest BCUT2D eigenvalue weighted by Crippen LogP contribution is -2.09. The van der Waals surface area contributed by atoms with Crippen molar-refractivity contribution in [2.75, 3.05) is 5.32 Å². The van der Waals surface area contributed by atoms with Crippen LogP contribution in [-0.4, -0.2) is 15.9 Å². The molecule has 4 aromatic rings. The van der Waals surface area contributed by atoms with Crippen LogP contribution >= 0.6 is 22.7 Å². The Morgan fingerprint density at radius 3 is 2.92 bits per heavy atom. The van der Waals surface area contributed by atoms with Gasteiger partial charge in [-0.3, -0.25) is 4.79 Å². The highest BCUT2D eigenvalue weighted by Crippen LogP contribution is 2.29. The van der Waals surface area contributed by atoms with Crippen LogP contribution in [0.1, 0.15) is 35.3 Å². The maximum absolute atomic E-state index is 12.5. The number of thiazole rings is 1. The van der Waals surface area contributed by atoms with Crippen molar-refractivity contribution in [1.82, 2.24) is 9.97 Å². The van der Waals surface area contributed by atoms with Crippen LogP contribution in [0.2, 0.25) is 0 Å². The van der Waals surface area contributed by atoms with Crippen molar-refractivity contribution in [1.29, 1.82) is 0 Å². The molecule has 0 saturated carbocycles. The number of amides is 1. The van der Waals surface area contributed by atoms with E-state index in [-0.39, 0.29) is 11.8 Å². The Labute approximate surface area is 152 Å². The van der Waals surface area contributed by atoms with Crippen LogP contribution in [0.15, 0.2) is 46.3 Å². The van der Waals surface area contributed by atoms with Crippen molar-refractivity contribution < 1.29 is 9.21 Å². The molecule has 7 heteroatoms. The van der Waals surface area contributed by atoms with Crippen LogP contribution in [0.4, 0.5) is 5.69 Å². The van der Waals surface area contributed by atoms with E-state index in [1.165, 1.54) is 11.3 Å². The van der Waals surface area contributed by atoms with Crippen molar-refractivity contribution in [2.24, 2.45) is 0 Å². The first kappa shape index (κ1) is 16.0. The second-order valence-corrected chi connectivity index (χ2v) is 7.83. The zero-order chi connectivity index (χ0) is 17.4. The average molecular weight is 369 g/mol. The molecule has 0 aliphatic carbocycles. The van der Waals surface area contributed by atoms with Crippen LogP contribution in [0, 0.1) is 0 Å². The number of thiophene rings is 1. The van der Waals surface area contributed by atoms with E-state index in [9.17, 15) is 4.79 Å². The number of carbonyl (C=O) groups excluding carboxylic acids is 1. The summed E-state index contributed by atoms with van der Waals surface area (Å²) in [6, 6.07) is 9.43. The van der Waals surface area contributed by atoms with E-state index in [2.05, 4.69) is 15.3 Å². The lowest BCUT2D eigenvalue weighted by Gasteiger charge is -2.02. The quantitative estimate of drug-likeness (QED) is 0.524. The van der Waals surface area contributed by atoms with Gasteiger partial charge in [-0.2, -0.15) is 0 Å². The number of aromatic nitrogens is 2. The van der Waals surface area contributed by atoms with Crippen LogP contribution in [-0.2, 0) is 0 Å². The predicted molar refractivity (Wildman–Crippen MR) is 101 cm³/mol. The molecular weight excluding hydrogens is 354 g/mol. The minimum Gasteiger partial charge on any atom is -0.440 e. The molecule has 1 aromatic carbocycles. The minimum absolute atomic E-state index is 0.174. The van der Waals surface area contributed by atoms with Gasteiger partial charge in [0, 0.05) is 11.6 Å². The summed E-state index contributed by atoms with van der Waals surface area (Å²) < 4.78 is 5.69. The first-order valence-corrected chi connectivity index (χ1v) is 9.51. The number of hydrogen-bond acceptors (Lipinski definition) is 6. The van der Waals surface area contributed by atoms with Gasteiger partial charge in [0.25, 0.3) is 5.91 Å². The highest BCUT2D eigenvalue weighted by molar-refractivity contribution is 7.22. The van der Waals surface area contributed by atoms with Gasteiger partial charge in [-0.1, -0.05) is 19.9 Å². The first-order chi connectivity index (χ1) is 12.1. The van der Waals surface area contributed by atoms with E-state index < -0.39 is 0 Å². The molecule has 0 atom stereocenters. The van der Waals surface area contributed by atoms with Crippen LogP contribution in [0.25, 0.3) is 21.0 Å². The maximum Gasteiger partial charge on any atom is 0.267 e. The number of hydrogen-bond donors (Lipinski definition) is 1. The number of benzene rings is 1. The Morgan fingerprint density at radius 2 is 2.16 bits per heavy atom. The lowest BCUT2D eigenvalue weighted by molar-refractivity contribution is 0.103. The van der Waals surface area contributed by atoms with Crippen LogP contribution in [0.3, 0.4) is 0 Å². The van der Waals surface area contributed by atoms with Crippen molar-refractivity contribution in [3.63, 3.8) is 0 Å². The fraction of sp³-hybridized carbons (Fsp3) is 0.167. The Hall–Kier alpha value is -2.51. The van der Waals surface area contributed by atoms with Gasteiger partial charge in [-0.05, 0) is 29.6 Å². The SMILES string of the molecule is CC(C)c1nc2cc(NC(=O)c3cnc(-c4cccs4)s3)ccc2o1. The number of carbonyl (C=O) groups is 1. The molecule has 0 aliphatic rings. The molecule has 1 amide bonds. The van der Waals surface area contributed by atoms with E-state index in [0.717, 1.165) is 21.0 Å². The summed E-state index contributed by atoms with van der Waals surface area (Å²) >= 11 is 2.99. The molecule has 126 valence electrons. The number of nitrogens with zero attached hydrogens (tertiary/aromatic N) is 2. The van der Waals surface area contributed by atoms with Gasteiger partial charge in [0.05, 0.1) is 11.1 Å². The Balaban J connectivity index is 1.55. The van der Waals surface area contributed by atoms with Crippen molar-refractivity contribution >= 4 is 45.4 Å². The number of anilines is 1. The number of oxazole rings is 1. The van der Waals surface area contributed by atoms with Gasteiger partial charge in [-0.15, -0.1) is 22.7 Å². The molecule has 1 N–H and O–H groups in total. The molecule has 25 heavy (non-hydrogen) atoms.